The highest BCUT2D eigenvalue weighted by molar-refractivity contribution is 5.75. The molecule has 1 unspecified atom stereocenters. The molecule has 0 aliphatic carbocycles. The third-order valence-electron chi connectivity index (χ3n) is 3.86. The molecule has 0 radical (unpaired) electrons. The monoisotopic (exact) mass is 308 g/mol. The number of carboxylic acid groups (broad SMARTS) is 1. The number of piperidine rings is 1. The third-order valence-corrected chi connectivity index (χ3v) is 3.86. The van der Waals surface area contributed by atoms with Crippen molar-refractivity contribution in [3.05, 3.63) is 35.6 Å². The van der Waals surface area contributed by atoms with Crippen molar-refractivity contribution in [1.29, 1.82) is 0 Å². The number of aliphatic carboxylic acids is 1. The Hall–Kier alpha value is -2.11. The molecule has 2 rings (SSSR count). The molecule has 0 spiro atoms. The van der Waals surface area contributed by atoms with E-state index in [9.17, 15) is 14.0 Å². The van der Waals surface area contributed by atoms with Crippen LogP contribution in [-0.4, -0.2) is 35.1 Å². The van der Waals surface area contributed by atoms with Crippen molar-refractivity contribution in [3.63, 3.8) is 0 Å². The van der Waals surface area contributed by atoms with E-state index in [1.807, 2.05) is 0 Å². The van der Waals surface area contributed by atoms with Gasteiger partial charge in [-0.3, -0.25) is 4.79 Å². The number of halogens is 1. The Morgan fingerprint density at radius 1 is 1.27 bits per heavy atom. The lowest BCUT2D eigenvalue weighted by Gasteiger charge is -2.36. The highest BCUT2D eigenvalue weighted by Crippen LogP contribution is 2.30. The Bertz CT molecular complexity index is 519. The maximum Gasteiger partial charge on any atom is 0.317 e. The number of benzene rings is 1. The molecule has 2 amide bonds. The number of carbonyl (C=O) groups is 2. The van der Waals surface area contributed by atoms with Gasteiger partial charge in [0.2, 0.25) is 0 Å². The Balaban J connectivity index is 1.95. The van der Waals surface area contributed by atoms with E-state index >= 15 is 0 Å². The van der Waals surface area contributed by atoms with E-state index in [0.29, 0.717) is 19.5 Å². The maximum atomic E-state index is 13.0. The van der Waals surface area contributed by atoms with Crippen LogP contribution in [0.5, 0.6) is 0 Å². The number of rotatable bonds is 5. The van der Waals surface area contributed by atoms with Gasteiger partial charge in [-0.1, -0.05) is 12.1 Å². The van der Waals surface area contributed by atoms with Gasteiger partial charge < -0.3 is 15.3 Å². The maximum absolute atomic E-state index is 13.0. The van der Waals surface area contributed by atoms with E-state index in [4.69, 9.17) is 5.11 Å². The minimum Gasteiger partial charge on any atom is -0.481 e. The number of urea groups is 1. The van der Waals surface area contributed by atoms with Gasteiger partial charge in [-0.25, -0.2) is 9.18 Å². The van der Waals surface area contributed by atoms with Gasteiger partial charge in [0.05, 0.1) is 6.04 Å². The molecule has 120 valence electrons. The van der Waals surface area contributed by atoms with E-state index < -0.39 is 5.97 Å². The lowest BCUT2D eigenvalue weighted by molar-refractivity contribution is -0.137. The van der Waals surface area contributed by atoms with Crippen molar-refractivity contribution in [3.8, 4) is 0 Å². The van der Waals surface area contributed by atoms with E-state index in [1.54, 1.807) is 17.0 Å². The fourth-order valence-electron chi connectivity index (χ4n) is 2.74. The van der Waals surface area contributed by atoms with Crippen LogP contribution in [-0.2, 0) is 4.79 Å². The molecule has 5 nitrogen and oxygen atoms in total. The van der Waals surface area contributed by atoms with Crippen molar-refractivity contribution in [2.45, 2.75) is 38.1 Å². The molecule has 1 aromatic carbocycles. The highest BCUT2D eigenvalue weighted by Gasteiger charge is 2.27. The Morgan fingerprint density at radius 2 is 2.00 bits per heavy atom. The first-order valence-corrected chi connectivity index (χ1v) is 7.59. The molecule has 0 saturated carbocycles. The summed E-state index contributed by atoms with van der Waals surface area (Å²) in [7, 11) is 0. The summed E-state index contributed by atoms with van der Waals surface area (Å²) in [5.74, 6) is -1.15. The number of carbonyl (C=O) groups excluding carboxylic acids is 1. The average Bonchev–Trinajstić information content (AvgIpc) is 2.52. The number of likely N-dealkylation sites (tertiary alicyclic amines) is 1. The van der Waals surface area contributed by atoms with Crippen molar-refractivity contribution < 1.29 is 19.1 Å². The highest BCUT2D eigenvalue weighted by atomic mass is 19.1. The Morgan fingerprint density at radius 3 is 2.68 bits per heavy atom. The molecule has 22 heavy (non-hydrogen) atoms. The molecule has 1 saturated heterocycles. The van der Waals surface area contributed by atoms with Gasteiger partial charge in [0.1, 0.15) is 5.82 Å². The lowest BCUT2D eigenvalue weighted by Crippen LogP contribution is -2.44. The van der Waals surface area contributed by atoms with E-state index in [0.717, 1.165) is 24.8 Å². The normalized spacial score (nSPS) is 18.0. The molecule has 1 aliphatic rings. The van der Waals surface area contributed by atoms with Crippen molar-refractivity contribution in [2.24, 2.45) is 0 Å². The van der Waals surface area contributed by atoms with E-state index in [-0.39, 0.29) is 24.3 Å². The van der Waals surface area contributed by atoms with E-state index in [1.165, 1.54) is 12.1 Å². The summed E-state index contributed by atoms with van der Waals surface area (Å²) >= 11 is 0. The second kappa shape index (κ2) is 7.77. The molecule has 1 aromatic rings. The number of nitrogens with zero attached hydrogens (tertiary/aromatic N) is 1. The SMILES string of the molecule is O=C(O)CCCNC(=O)N1CCCCC1c1ccc(F)cc1. The van der Waals surface area contributed by atoms with Crippen molar-refractivity contribution in [2.75, 3.05) is 13.1 Å². The second-order valence-electron chi connectivity index (χ2n) is 5.49. The summed E-state index contributed by atoms with van der Waals surface area (Å²) in [6, 6.07) is 6.03. The van der Waals surface area contributed by atoms with Gasteiger partial charge in [0.15, 0.2) is 0 Å². The quantitative estimate of drug-likeness (QED) is 0.822. The molecule has 1 aliphatic heterocycles. The summed E-state index contributed by atoms with van der Waals surface area (Å²) in [6.07, 6.45) is 3.29. The van der Waals surface area contributed by atoms with Crippen LogP contribution in [0.2, 0.25) is 0 Å². The Kier molecular flexibility index (Phi) is 5.75. The minimum atomic E-state index is -0.864. The molecular weight excluding hydrogens is 287 g/mol. The summed E-state index contributed by atoms with van der Waals surface area (Å²) in [5, 5.41) is 11.4. The van der Waals surface area contributed by atoms with Crippen LogP contribution in [0.3, 0.4) is 0 Å². The molecule has 1 atom stereocenters. The van der Waals surface area contributed by atoms with Crippen molar-refractivity contribution >= 4 is 12.0 Å². The first-order valence-electron chi connectivity index (χ1n) is 7.59. The lowest BCUT2D eigenvalue weighted by atomic mass is 9.95. The molecule has 2 N–H and O–H groups in total. The van der Waals surface area contributed by atoms with Gasteiger partial charge in [0.25, 0.3) is 0 Å². The van der Waals surface area contributed by atoms with Crippen LogP contribution in [0.4, 0.5) is 9.18 Å². The summed E-state index contributed by atoms with van der Waals surface area (Å²) in [5.41, 5.74) is 0.932. The Labute approximate surface area is 129 Å². The molecule has 0 aromatic heterocycles. The topological polar surface area (TPSA) is 69.6 Å². The van der Waals surface area contributed by atoms with Gasteiger partial charge in [-0.05, 0) is 43.4 Å². The van der Waals surface area contributed by atoms with Gasteiger partial charge in [-0.15, -0.1) is 0 Å². The van der Waals surface area contributed by atoms with Crippen LogP contribution in [0.25, 0.3) is 0 Å². The summed E-state index contributed by atoms with van der Waals surface area (Å²) < 4.78 is 13.0. The van der Waals surface area contributed by atoms with Crippen LogP contribution >= 0.6 is 0 Å². The van der Waals surface area contributed by atoms with E-state index in [2.05, 4.69) is 5.32 Å². The molecule has 1 heterocycles. The number of carboxylic acids is 1. The van der Waals surface area contributed by atoms with Crippen LogP contribution in [0.1, 0.15) is 43.7 Å². The number of nitrogens with one attached hydrogen (secondary N) is 1. The minimum absolute atomic E-state index is 0.0433. The summed E-state index contributed by atoms with van der Waals surface area (Å²) in [4.78, 5) is 24.5. The molecular formula is C16H21FN2O3. The first kappa shape index (κ1) is 16.3. The first-order chi connectivity index (χ1) is 10.6. The van der Waals surface area contributed by atoms with Gasteiger partial charge >= 0.3 is 12.0 Å². The molecule has 0 bridgehead atoms. The standard InChI is InChI=1S/C16H21FN2O3/c17-13-8-6-12(7-9-13)14-4-1-2-11-19(14)16(22)18-10-3-5-15(20)21/h6-9,14H,1-5,10-11H2,(H,18,22)(H,20,21). The average molecular weight is 308 g/mol. The number of hydrogen-bond donors (Lipinski definition) is 2. The predicted octanol–water partition coefficient (Wildman–Crippen LogP) is 2.93. The van der Waals surface area contributed by atoms with Crippen LogP contribution in [0.15, 0.2) is 24.3 Å². The van der Waals surface area contributed by atoms with Crippen molar-refractivity contribution in [1.82, 2.24) is 10.2 Å². The fraction of sp³-hybridized carbons (Fsp3) is 0.500. The van der Waals surface area contributed by atoms with Gasteiger partial charge in [0, 0.05) is 19.5 Å². The third kappa shape index (κ3) is 4.44. The largest absolute Gasteiger partial charge is 0.481 e. The predicted molar refractivity (Wildman–Crippen MR) is 80.0 cm³/mol. The zero-order valence-corrected chi connectivity index (χ0v) is 12.4. The smallest absolute Gasteiger partial charge is 0.317 e. The number of amides is 2. The second-order valence-corrected chi connectivity index (χ2v) is 5.49. The van der Waals surface area contributed by atoms with Gasteiger partial charge in [-0.2, -0.15) is 0 Å². The molecule has 6 heteroatoms. The molecule has 1 fully saturated rings. The van der Waals surface area contributed by atoms with Crippen LogP contribution < -0.4 is 5.32 Å². The zero-order chi connectivity index (χ0) is 15.9. The van der Waals surface area contributed by atoms with Crippen LogP contribution in [0, 0.1) is 5.82 Å². The fourth-order valence-corrected chi connectivity index (χ4v) is 2.74. The zero-order valence-electron chi connectivity index (χ0n) is 12.4. The summed E-state index contributed by atoms with van der Waals surface area (Å²) in [6.45, 7) is 1.00. The number of hydrogen-bond acceptors (Lipinski definition) is 2.